The molecule has 110 valence electrons. The molecule has 0 aliphatic heterocycles. The molecule has 4 heteroatoms. The molecule has 0 heterocycles. The van der Waals surface area contributed by atoms with Crippen LogP contribution in [0.1, 0.15) is 22.8 Å². The normalized spacial score (nSPS) is 10.2. The molecule has 0 amide bonds. The lowest BCUT2D eigenvalue weighted by atomic mass is 10.0. The average molecular weight is 349 g/mol. The highest BCUT2D eigenvalue weighted by Crippen LogP contribution is 2.27. The van der Waals surface area contributed by atoms with Crippen LogP contribution in [-0.4, -0.2) is 19.5 Å². The second-order valence-corrected chi connectivity index (χ2v) is 5.34. The van der Waals surface area contributed by atoms with Crippen molar-refractivity contribution in [3.05, 3.63) is 58.1 Å². The van der Waals surface area contributed by atoms with Gasteiger partial charge in [-0.3, -0.25) is 4.79 Å². The van der Waals surface area contributed by atoms with Gasteiger partial charge in [0.2, 0.25) is 0 Å². The van der Waals surface area contributed by atoms with E-state index in [0.717, 1.165) is 21.5 Å². The molecule has 0 radical (unpaired) electrons. The smallest absolute Gasteiger partial charge is 0.167 e. The minimum absolute atomic E-state index is 0.0447. The SMILES string of the molecule is CCOc1ccc(C(=O)Cc2ccccc2OC)cc1Br. The van der Waals surface area contributed by atoms with E-state index in [1.807, 2.05) is 37.3 Å². The first-order valence-electron chi connectivity index (χ1n) is 6.73. The summed E-state index contributed by atoms with van der Waals surface area (Å²) in [5, 5.41) is 0. The number of Topliss-reactive ketones (excluding diaryl/α,β-unsaturated/α-hetero) is 1. The molecule has 0 N–H and O–H groups in total. The monoisotopic (exact) mass is 348 g/mol. The summed E-state index contributed by atoms with van der Waals surface area (Å²) in [6.45, 7) is 2.51. The standard InChI is InChI=1S/C17H17BrO3/c1-3-21-17-9-8-12(10-14(17)18)15(19)11-13-6-4-5-7-16(13)20-2/h4-10H,3,11H2,1-2H3. The van der Waals surface area contributed by atoms with E-state index in [0.29, 0.717) is 18.6 Å². The van der Waals surface area contributed by atoms with Crippen LogP contribution in [0.2, 0.25) is 0 Å². The van der Waals surface area contributed by atoms with Crippen molar-refractivity contribution in [2.45, 2.75) is 13.3 Å². The number of carbonyl (C=O) groups is 1. The maximum atomic E-state index is 12.4. The molecule has 2 rings (SSSR count). The largest absolute Gasteiger partial charge is 0.496 e. The second-order valence-electron chi connectivity index (χ2n) is 4.49. The lowest BCUT2D eigenvalue weighted by Gasteiger charge is -2.09. The Kier molecular flexibility index (Phi) is 5.39. The molecule has 0 bridgehead atoms. The molecule has 0 fully saturated rings. The zero-order valence-electron chi connectivity index (χ0n) is 12.1. The van der Waals surface area contributed by atoms with Crippen molar-refractivity contribution in [2.24, 2.45) is 0 Å². The van der Waals surface area contributed by atoms with Gasteiger partial charge in [-0.25, -0.2) is 0 Å². The van der Waals surface area contributed by atoms with Gasteiger partial charge < -0.3 is 9.47 Å². The van der Waals surface area contributed by atoms with Gasteiger partial charge in [-0.05, 0) is 47.1 Å². The van der Waals surface area contributed by atoms with E-state index in [1.54, 1.807) is 19.2 Å². The predicted molar refractivity (Wildman–Crippen MR) is 86.3 cm³/mol. The highest BCUT2D eigenvalue weighted by molar-refractivity contribution is 9.10. The van der Waals surface area contributed by atoms with Gasteiger partial charge in [0.05, 0.1) is 18.2 Å². The molecule has 21 heavy (non-hydrogen) atoms. The van der Waals surface area contributed by atoms with Gasteiger partial charge in [-0.1, -0.05) is 18.2 Å². The van der Waals surface area contributed by atoms with E-state index in [9.17, 15) is 4.79 Å². The molecule has 3 nitrogen and oxygen atoms in total. The summed E-state index contributed by atoms with van der Waals surface area (Å²) >= 11 is 3.43. The number of benzene rings is 2. The summed E-state index contributed by atoms with van der Waals surface area (Å²) in [5.41, 5.74) is 1.53. The molecule has 0 unspecified atom stereocenters. The van der Waals surface area contributed by atoms with Crippen LogP contribution in [-0.2, 0) is 6.42 Å². The van der Waals surface area contributed by atoms with Crippen molar-refractivity contribution in [3.63, 3.8) is 0 Å². The third-order valence-electron chi connectivity index (χ3n) is 3.10. The van der Waals surface area contributed by atoms with Crippen molar-refractivity contribution < 1.29 is 14.3 Å². The molecule has 0 aliphatic carbocycles. The van der Waals surface area contributed by atoms with Crippen LogP contribution in [0.15, 0.2) is 46.9 Å². The Morgan fingerprint density at radius 3 is 2.57 bits per heavy atom. The fourth-order valence-electron chi connectivity index (χ4n) is 2.07. The number of ether oxygens (including phenoxy) is 2. The fraction of sp³-hybridized carbons (Fsp3) is 0.235. The number of carbonyl (C=O) groups excluding carboxylic acids is 1. The van der Waals surface area contributed by atoms with Crippen LogP contribution in [0.4, 0.5) is 0 Å². The van der Waals surface area contributed by atoms with Gasteiger partial charge in [0.25, 0.3) is 0 Å². The zero-order chi connectivity index (χ0) is 15.2. The molecule has 0 aromatic heterocycles. The highest BCUT2D eigenvalue weighted by Gasteiger charge is 2.12. The third kappa shape index (κ3) is 3.85. The summed E-state index contributed by atoms with van der Waals surface area (Å²) < 4.78 is 11.5. The average Bonchev–Trinajstić information content (AvgIpc) is 2.50. The summed E-state index contributed by atoms with van der Waals surface area (Å²) in [5.74, 6) is 1.52. The van der Waals surface area contributed by atoms with Gasteiger partial charge in [-0.2, -0.15) is 0 Å². The number of hydrogen-bond donors (Lipinski definition) is 0. The van der Waals surface area contributed by atoms with Crippen LogP contribution >= 0.6 is 15.9 Å². The number of hydrogen-bond acceptors (Lipinski definition) is 3. The van der Waals surface area contributed by atoms with Gasteiger partial charge in [0.1, 0.15) is 11.5 Å². The maximum Gasteiger partial charge on any atom is 0.167 e. The Morgan fingerprint density at radius 1 is 1.14 bits per heavy atom. The van der Waals surface area contributed by atoms with Gasteiger partial charge in [-0.15, -0.1) is 0 Å². The summed E-state index contributed by atoms with van der Waals surface area (Å²) in [4.78, 5) is 12.4. The molecule has 0 atom stereocenters. The Labute approximate surface area is 133 Å². The minimum atomic E-state index is 0.0447. The van der Waals surface area contributed by atoms with E-state index in [-0.39, 0.29) is 5.78 Å². The van der Waals surface area contributed by atoms with Crippen molar-refractivity contribution in [1.29, 1.82) is 0 Å². The number of ketones is 1. The lowest BCUT2D eigenvalue weighted by molar-refractivity contribution is 0.0992. The first-order chi connectivity index (χ1) is 10.2. The summed E-state index contributed by atoms with van der Waals surface area (Å²) in [7, 11) is 1.61. The Morgan fingerprint density at radius 2 is 1.90 bits per heavy atom. The predicted octanol–water partition coefficient (Wildman–Crippen LogP) is 4.28. The van der Waals surface area contributed by atoms with E-state index in [1.165, 1.54) is 0 Å². The number of halogens is 1. The molecular formula is C17H17BrO3. The Hall–Kier alpha value is -1.81. The number of rotatable bonds is 6. The van der Waals surface area contributed by atoms with Gasteiger partial charge >= 0.3 is 0 Å². The fourth-order valence-corrected chi connectivity index (χ4v) is 2.56. The van der Waals surface area contributed by atoms with Crippen molar-refractivity contribution >= 4 is 21.7 Å². The van der Waals surface area contributed by atoms with Crippen LogP contribution in [0.5, 0.6) is 11.5 Å². The number of methoxy groups -OCH3 is 1. The molecule has 0 spiro atoms. The third-order valence-corrected chi connectivity index (χ3v) is 3.72. The molecule has 2 aromatic carbocycles. The summed E-state index contributed by atoms with van der Waals surface area (Å²) in [6.07, 6.45) is 0.310. The number of para-hydroxylation sites is 1. The topological polar surface area (TPSA) is 35.5 Å². The molecule has 0 aliphatic rings. The molecular weight excluding hydrogens is 332 g/mol. The van der Waals surface area contributed by atoms with Crippen molar-refractivity contribution in [3.8, 4) is 11.5 Å². The van der Waals surface area contributed by atoms with E-state index in [2.05, 4.69) is 15.9 Å². The van der Waals surface area contributed by atoms with Crippen LogP contribution in [0.3, 0.4) is 0 Å². The maximum absolute atomic E-state index is 12.4. The zero-order valence-corrected chi connectivity index (χ0v) is 13.6. The lowest BCUT2D eigenvalue weighted by Crippen LogP contribution is -2.05. The highest BCUT2D eigenvalue weighted by atomic mass is 79.9. The Bertz CT molecular complexity index is 638. The van der Waals surface area contributed by atoms with Crippen LogP contribution < -0.4 is 9.47 Å². The van der Waals surface area contributed by atoms with Gasteiger partial charge in [0, 0.05) is 17.5 Å². The second kappa shape index (κ2) is 7.27. The minimum Gasteiger partial charge on any atom is -0.496 e. The quantitative estimate of drug-likeness (QED) is 0.730. The van der Waals surface area contributed by atoms with E-state index < -0.39 is 0 Å². The molecule has 0 saturated carbocycles. The first-order valence-corrected chi connectivity index (χ1v) is 7.52. The van der Waals surface area contributed by atoms with E-state index >= 15 is 0 Å². The van der Waals surface area contributed by atoms with Gasteiger partial charge in [0.15, 0.2) is 5.78 Å². The van der Waals surface area contributed by atoms with Crippen LogP contribution in [0.25, 0.3) is 0 Å². The molecule has 0 saturated heterocycles. The van der Waals surface area contributed by atoms with E-state index in [4.69, 9.17) is 9.47 Å². The van der Waals surface area contributed by atoms with Crippen molar-refractivity contribution in [2.75, 3.05) is 13.7 Å². The first kappa shape index (κ1) is 15.6. The van der Waals surface area contributed by atoms with Crippen molar-refractivity contribution in [1.82, 2.24) is 0 Å². The molecule has 2 aromatic rings. The Balaban J connectivity index is 2.19. The summed E-state index contributed by atoms with van der Waals surface area (Å²) in [6, 6.07) is 12.9. The van der Waals surface area contributed by atoms with Crippen LogP contribution in [0, 0.1) is 0 Å².